The van der Waals surface area contributed by atoms with Gasteiger partial charge in [0.15, 0.2) is 0 Å². The van der Waals surface area contributed by atoms with Gasteiger partial charge in [-0.3, -0.25) is 14.4 Å². The first-order valence-corrected chi connectivity index (χ1v) is 9.81. The molecule has 1 aliphatic heterocycles. The first-order chi connectivity index (χ1) is 13.1. The zero-order valence-electron chi connectivity index (χ0n) is 16.6. The number of nitrogens with one attached hydrogen (secondary N) is 1. The van der Waals surface area contributed by atoms with Gasteiger partial charge in [-0.05, 0) is 38.4 Å². The summed E-state index contributed by atoms with van der Waals surface area (Å²) in [5.74, 6) is 0.665. The Morgan fingerprint density at radius 3 is 2.78 bits per heavy atom. The highest BCUT2D eigenvalue weighted by Gasteiger charge is 2.29. The summed E-state index contributed by atoms with van der Waals surface area (Å²) in [5, 5.41) is 7.36. The lowest BCUT2D eigenvalue weighted by Gasteiger charge is -2.28. The molecule has 2 atom stereocenters. The van der Waals surface area contributed by atoms with Gasteiger partial charge in [0.05, 0.1) is 6.20 Å². The van der Waals surface area contributed by atoms with Crippen molar-refractivity contribution in [2.24, 2.45) is 13.0 Å². The molecule has 1 aliphatic rings. The second kappa shape index (κ2) is 9.15. The zero-order valence-corrected chi connectivity index (χ0v) is 16.6. The van der Waals surface area contributed by atoms with Crippen molar-refractivity contribution >= 4 is 5.91 Å². The van der Waals surface area contributed by atoms with Crippen molar-refractivity contribution in [3.8, 4) is 0 Å². The number of carbonyl (C=O) groups is 1. The third-order valence-corrected chi connectivity index (χ3v) is 5.38. The number of hydrogen-bond donors (Lipinski definition) is 1. The van der Waals surface area contributed by atoms with Crippen LogP contribution in [0.2, 0.25) is 0 Å². The van der Waals surface area contributed by atoms with E-state index in [-0.39, 0.29) is 11.9 Å². The van der Waals surface area contributed by atoms with Gasteiger partial charge in [0.1, 0.15) is 6.04 Å². The fraction of sp³-hybridized carbons (Fsp3) is 0.524. The molecular weight excluding hydrogens is 338 g/mol. The number of likely N-dealkylation sites (N-methyl/N-ethyl adjacent to an activating group) is 2. The number of nitrogens with zero attached hydrogens (tertiary/aromatic N) is 4. The van der Waals surface area contributed by atoms with E-state index in [1.54, 1.807) is 10.9 Å². The summed E-state index contributed by atoms with van der Waals surface area (Å²) >= 11 is 0. The van der Waals surface area contributed by atoms with Gasteiger partial charge < -0.3 is 10.2 Å². The van der Waals surface area contributed by atoms with Crippen molar-refractivity contribution in [1.82, 2.24) is 24.9 Å². The number of aromatic nitrogens is 2. The van der Waals surface area contributed by atoms with E-state index in [0.29, 0.717) is 5.92 Å². The maximum absolute atomic E-state index is 13.1. The number of amides is 1. The number of carbonyl (C=O) groups excluding carboxylic acids is 1. The highest BCUT2D eigenvalue weighted by Crippen LogP contribution is 2.22. The molecule has 2 aromatic rings. The average Bonchev–Trinajstić information content (AvgIpc) is 3.30. The van der Waals surface area contributed by atoms with Crippen LogP contribution in [-0.4, -0.2) is 58.7 Å². The number of likely N-dealkylation sites (tertiary alicyclic amines) is 1. The maximum atomic E-state index is 13.1. The Balaban J connectivity index is 1.57. The molecule has 1 saturated heterocycles. The van der Waals surface area contributed by atoms with Gasteiger partial charge in [-0.15, -0.1) is 0 Å². The Labute approximate surface area is 162 Å². The number of rotatable bonds is 8. The summed E-state index contributed by atoms with van der Waals surface area (Å²) in [6.07, 6.45) is 4.82. The topological polar surface area (TPSA) is 53.4 Å². The molecule has 0 radical (unpaired) electrons. The SMILES string of the molecule is CCN(CC1CCN(Cc2ccccc2)C1)C(=O)C(NC)c1cnn(C)c1. The number of aryl methyl sites for hydroxylation is 1. The molecular formula is C21H31N5O. The largest absolute Gasteiger partial charge is 0.341 e. The Kier molecular flexibility index (Phi) is 6.63. The molecule has 3 rings (SSSR count). The molecule has 2 heterocycles. The summed E-state index contributed by atoms with van der Waals surface area (Å²) in [5.41, 5.74) is 2.27. The standard InChI is InChI=1S/C21H31N5O/c1-4-26(21(27)20(22-2)19-12-23-24(3)16-19)15-18-10-11-25(14-18)13-17-8-6-5-7-9-17/h5-9,12,16,18,20,22H,4,10-11,13-15H2,1-3H3. The van der Waals surface area contributed by atoms with Crippen LogP contribution in [0.5, 0.6) is 0 Å². The minimum absolute atomic E-state index is 0.134. The van der Waals surface area contributed by atoms with Crippen LogP contribution in [0.15, 0.2) is 42.7 Å². The normalized spacial score (nSPS) is 18.6. The Hall–Kier alpha value is -2.18. The quantitative estimate of drug-likeness (QED) is 0.774. The fourth-order valence-corrected chi connectivity index (χ4v) is 3.94. The van der Waals surface area contributed by atoms with Crippen LogP contribution in [0, 0.1) is 5.92 Å². The number of benzene rings is 1. The van der Waals surface area contributed by atoms with E-state index < -0.39 is 0 Å². The van der Waals surface area contributed by atoms with Gasteiger partial charge in [0, 0.05) is 45.0 Å². The van der Waals surface area contributed by atoms with Crippen molar-refractivity contribution in [2.75, 3.05) is 33.2 Å². The van der Waals surface area contributed by atoms with Crippen molar-refractivity contribution in [3.05, 3.63) is 53.9 Å². The van der Waals surface area contributed by atoms with Crippen LogP contribution in [0.1, 0.15) is 30.5 Å². The minimum atomic E-state index is -0.333. The molecule has 0 spiro atoms. The van der Waals surface area contributed by atoms with Crippen LogP contribution in [0.3, 0.4) is 0 Å². The lowest BCUT2D eigenvalue weighted by molar-refractivity contribution is -0.133. The minimum Gasteiger partial charge on any atom is -0.341 e. The van der Waals surface area contributed by atoms with Crippen LogP contribution in [-0.2, 0) is 18.4 Å². The zero-order chi connectivity index (χ0) is 19.2. The molecule has 1 aromatic carbocycles. The summed E-state index contributed by atoms with van der Waals surface area (Å²) < 4.78 is 1.74. The second-order valence-corrected chi connectivity index (χ2v) is 7.42. The van der Waals surface area contributed by atoms with Gasteiger partial charge in [0.25, 0.3) is 0 Å². The van der Waals surface area contributed by atoms with Gasteiger partial charge in [-0.25, -0.2) is 0 Å². The molecule has 1 aromatic heterocycles. The molecule has 6 nitrogen and oxygen atoms in total. The van der Waals surface area contributed by atoms with Gasteiger partial charge in [-0.2, -0.15) is 5.10 Å². The van der Waals surface area contributed by atoms with Crippen LogP contribution in [0.25, 0.3) is 0 Å². The maximum Gasteiger partial charge on any atom is 0.244 e. The molecule has 27 heavy (non-hydrogen) atoms. The molecule has 1 N–H and O–H groups in total. The first-order valence-electron chi connectivity index (χ1n) is 9.81. The summed E-state index contributed by atoms with van der Waals surface area (Å²) in [4.78, 5) is 17.6. The van der Waals surface area contributed by atoms with E-state index in [2.05, 4.69) is 52.6 Å². The molecule has 2 unspecified atom stereocenters. The predicted octanol–water partition coefficient (Wildman–Crippen LogP) is 2.05. The van der Waals surface area contributed by atoms with Gasteiger partial charge in [0.2, 0.25) is 5.91 Å². The molecule has 1 amide bonds. The summed E-state index contributed by atoms with van der Waals surface area (Å²) in [6.45, 7) is 6.75. The van der Waals surface area contributed by atoms with Crippen LogP contribution in [0.4, 0.5) is 0 Å². The molecule has 1 fully saturated rings. The van der Waals surface area contributed by atoms with E-state index in [1.165, 1.54) is 5.56 Å². The fourth-order valence-electron chi connectivity index (χ4n) is 3.94. The summed E-state index contributed by atoms with van der Waals surface area (Å²) in [6, 6.07) is 10.3. The third kappa shape index (κ3) is 4.96. The second-order valence-electron chi connectivity index (χ2n) is 7.42. The van der Waals surface area contributed by atoms with Crippen molar-refractivity contribution in [1.29, 1.82) is 0 Å². The third-order valence-electron chi connectivity index (χ3n) is 5.38. The van der Waals surface area contributed by atoms with Gasteiger partial charge >= 0.3 is 0 Å². The monoisotopic (exact) mass is 369 g/mol. The lowest BCUT2D eigenvalue weighted by Crippen LogP contribution is -2.42. The Morgan fingerprint density at radius 1 is 1.37 bits per heavy atom. The molecule has 0 aliphatic carbocycles. The van der Waals surface area contributed by atoms with Gasteiger partial charge in [-0.1, -0.05) is 30.3 Å². The van der Waals surface area contributed by atoms with Crippen molar-refractivity contribution < 1.29 is 4.79 Å². The molecule has 0 bridgehead atoms. The molecule has 0 saturated carbocycles. The predicted molar refractivity (Wildman–Crippen MR) is 107 cm³/mol. The van der Waals surface area contributed by atoms with E-state index in [4.69, 9.17) is 0 Å². The van der Waals surface area contributed by atoms with Crippen molar-refractivity contribution in [2.45, 2.75) is 25.9 Å². The highest BCUT2D eigenvalue weighted by atomic mass is 16.2. The number of hydrogen-bond acceptors (Lipinski definition) is 4. The van der Waals surface area contributed by atoms with E-state index in [9.17, 15) is 4.79 Å². The lowest BCUT2D eigenvalue weighted by atomic mass is 10.1. The average molecular weight is 370 g/mol. The molecule has 6 heteroatoms. The van der Waals surface area contributed by atoms with Crippen LogP contribution < -0.4 is 5.32 Å². The molecule has 146 valence electrons. The smallest absolute Gasteiger partial charge is 0.244 e. The highest BCUT2D eigenvalue weighted by molar-refractivity contribution is 5.83. The van der Waals surface area contributed by atoms with E-state index in [1.807, 2.05) is 25.2 Å². The Bertz CT molecular complexity index is 729. The van der Waals surface area contributed by atoms with Crippen LogP contribution >= 0.6 is 0 Å². The van der Waals surface area contributed by atoms with E-state index >= 15 is 0 Å². The Morgan fingerprint density at radius 2 is 2.15 bits per heavy atom. The summed E-state index contributed by atoms with van der Waals surface area (Å²) in [7, 11) is 3.71. The van der Waals surface area contributed by atoms with Crippen molar-refractivity contribution in [3.63, 3.8) is 0 Å². The first kappa shape index (κ1) is 19.6. The van der Waals surface area contributed by atoms with E-state index in [0.717, 1.165) is 44.7 Å².